The summed E-state index contributed by atoms with van der Waals surface area (Å²) < 4.78 is 0. The van der Waals surface area contributed by atoms with Crippen molar-refractivity contribution in [3.63, 3.8) is 0 Å². The zero-order chi connectivity index (χ0) is 20.5. The summed E-state index contributed by atoms with van der Waals surface area (Å²) in [7, 11) is 0. The van der Waals surface area contributed by atoms with Gasteiger partial charge in [-0.1, -0.05) is 83.2 Å². The molecule has 0 bridgehead atoms. The fourth-order valence-electron chi connectivity index (χ4n) is 3.28. The molecule has 2 nitrogen and oxygen atoms in total. The molecule has 0 fully saturated rings. The number of hydrogen-bond acceptors (Lipinski definition) is 4. The first-order valence-electron chi connectivity index (χ1n) is 9.84. The normalized spacial score (nSPS) is 11.3. The highest BCUT2D eigenvalue weighted by atomic mass is 32.2. The molecule has 0 aliphatic carbocycles. The van der Waals surface area contributed by atoms with Crippen LogP contribution in [0, 0.1) is 13.8 Å². The van der Waals surface area contributed by atoms with Gasteiger partial charge < -0.3 is 0 Å². The Morgan fingerprint density at radius 3 is 1.33 bits per heavy atom. The van der Waals surface area contributed by atoms with Crippen molar-refractivity contribution < 1.29 is 0 Å². The first-order chi connectivity index (χ1) is 14.6. The third kappa shape index (κ3) is 4.07. The molecule has 0 N–H and O–H groups in total. The molecular weight excluding hydrogens is 404 g/mol. The maximum absolute atomic E-state index is 5.04. The molecule has 1 heterocycles. The van der Waals surface area contributed by atoms with Gasteiger partial charge in [0.1, 0.15) is 10.1 Å². The van der Waals surface area contributed by atoms with Crippen molar-refractivity contribution in [3.8, 4) is 0 Å². The average Bonchev–Trinajstić information content (AvgIpc) is 2.76. The number of fused-ring (bicyclic) bond motifs is 2. The van der Waals surface area contributed by atoms with Crippen molar-refractivity contribution in [2.45, 2.75) is 33.7 Å². The molecule has 4 aromatic carbocycles. The second-order valence-electron chi connectivity index (χ2n) is 7.35. The smallest absolute Gasteiger partial charge is 0.134 e. The average molecular weight is 425 g/mol. The summed E-state index contributed by atoms with van der Waals surface area (Å²) in [5.41, 5.74) is 4.36. The van der Waals surface area contributed by atoms with Gasteiger partial charge in [0, 0.05) is 9.79 Å². The molecule has 0 unspecified atom stereocenters. The van der Waals surface area contributed by atoms with Gasteiger partial charge in [0.05, 0.1) is 11.0 Å². The third-order valence-electron chi connectivity index (χ3n) is 4.94. The Balaban J connectivity index is 1.63. The summed E-state index contributed by atoms with van der Waals surface area (Å²) in [4.78, 5) is 12.4. The van der Waals surface area contributed by atoms with Crippen molar-refractivity contribution in [2.24, 2.45) is 0 Å². The molecule has 0 amide bonds. The van der Waals surface area contributed by atoms with Crippen molar-refractivity contribution in [3.05, 3.63) is 96.1 Å². The van der Waals surface area contributed by atoms with Crippen molar-refractivity contribution in [2.75, 3.05) is 0 Å². The van der Waals surface area contributed by atoms with E-state index in [1.54, 1.807) is 23.5 Å². The molecule has 0 aliphatic rings. The predicted octanol–water partition coefficient (Wildman–Crippen LogP) is 7.70. The highest BCUT2D eigenvalue weighted by Gasteiger charge is 2.13. The van der Waals surface area contributed by atoms with Gasteiger partial charge in [-0.25, -0.2) is 9.97 Å². The van der Waals surface area contributed by atoms with Gasteiger partial charge in [-0.15, -0.1) is 0 Å². The summed E-state index contributed by atoms with van der Waals surface area (Å²) in [5.74, 6) is 0. The lowest BCUT2D eigenvalue weighted by Gasteiger charge is -2.10. The van der Waals surface area contributed by atoms with Gasteiger partial charge in [-0.2, -0.15) is 0 Å². The number of nitrogens with zero attached hydrogens (tertiary/aromatic N) is 2. The zero-order valence-corrected chi connectivity index (χ0v) is 18.4. The number of hydrogen-bond donors (Lipinski definition) is 0. The fraction of sp³-hybridized carbons (Fsp3) is 0.0769. The molecule has 5 rings (SSSR count). The van der Waals surface area contributed by atoms with Crippen LogP contribution in [0.2, 0.25) is 0 Å². The fourth-order valence-corrected chi connectivity index (χ4v) is 5.07. The van der Waals surface area contributed by atoms with Gasteiger partial charge in [0.25, 0.3) is 0 Å². The molecule has 5 aromatic rings. The van der Waals surface area contributed by atoms with Gasteiger partial charge >= 0.3 is 0 Å². The van der Waals surface area contributed by atoms with Crippen LogP contribution in [0.1, 0.15) is 11.1 Å². The predicted molar refractivity (Wildman–Crippen MR) is 128 cm³/mol. The standard InChI is InChI=1S/C26H20N2S2/c1-17-7-11-21(12-8-17)29-25-26(30-22-13-9-18(2)10-14-22)28-24-16-20-6-4-3-5-19(20)15-23(24)27-25/h3-16H,1-2H3. The van der Waals surface area contributed by atoms with E-state index in [9.17, 15) is 0 Å². The molecule has 0 atom stereocenters. The van der Waals surface area contributed by atoms with E-state index in [2.05, 4.69) is 98.8 Å². The van der Waals surface area contributed by atoms with Crippen molar-refractivity contribution in [1.29, 1.82) is 0 Å². The number of rotatable bonds is 4. The second kappa shape index (κ2) is 8.13. The topological polar surface area (TPSA) is 25.8 Å². The minimum atomic E-state index is 0.927. The SMILES string of the molecule is Cc1ccc(Sc2nc3cc4ccccc4cc3nc2Sc2ccc(C)cc2)cc1. The molecule has 146 valence electrons. The molecule has 0 spiro atoms. The van der Waals surface area contributed by atoms with E-state index in [1.165, 1.54) is 31.7 Å². The van der Waals surface area contributed by atoms with Crippen LogP contribution in [0.4, 0.5) is 0 Å². The largest absolute Gasteiger partial charge is 0.237 e. The van der Waals surface area contributed by atoms with Crippen LogP contribution in [-0.4, -0.2) is 9.97 Å². The van der Waals surface area contributed by atoms with Gasteiger partial charge in [0.15, 0.2) is 0 Å². The van der Waals surface area contributed by atoms with E-state index in [0.29, 0.717) is 0 Å². The summed E-state index contributed by atoms with van der Waals surface area (Å²) in [6.07, 6.45) is 0. The van der Waals surface area contributed by atoms with Gasteiger partial charge in [0.2, 0.25) is 0 Å². The second-order valence-corrected chi connectivity index (χ2v) is 9.48. The van der Waals surface area contributed by atoms with Crippen molar-refractivity contribution in [1.82, 2.24) is 9.97 Å². The van der Waals surface area contributed by atoms with Crippen molar-refractivity contribution >= 4 is 45.3 Å². The molecular formula is C26H20N2S2. The molecule has 30 heavy (non-hydrogen) atoms. The van der Waals surface area contributed by atoms with Crippen LogP contribution in [0.3, 0.4) is 0 Å². The minimum absolute atomic E-state index is 0.927. The Labute approximate surface area is 184 Å². The van der Waals surface area contributed by atoms with E-state index in [4.69, 9.17) is 9.97 Å². The summed E-state index contributed by atoms with van der Waals surface area (Å²) in [5, 5.41) is 4.24. The lowest BCUT2D eigenvalue weighted by molar-refractivity contribution is 0.969. The Morgan fingerprint density at radius 2 is 0.933 bits per heavy atom. The highest BCUT2D eigenvalue weighted by Crippen LogP contribution is 2.38. The van der Waals surface area contributed by atoms with E-state index < -0.39 is 0 Å². The minimum Gasteiger partial charge on any atom is -0.237 e. The number of aryl methyl sites for hydroxylation is 2. The molecule has 0 radical (unpaired) electrons. The quantitative estimate of drug-likeness (QED) is 0.276. The molecule has 4 heteroatoms. The van der Waals surface area contributed by atoms with Crippen LogP contribution < -0.4 is 0 Å². The molecule has 0 aliphatic heterocycles. The van der Waals surface area contributed by atoms with Gasteiger partial charge in [-0.3, -0.25) is 0 Å². The molecule has 0 saturated heterocycles. The van der Waals surface area contributed by atoms with E-state index in [1.807, 2.05) is 0 Å². The Hall–Kier alpha value is -2.82. The summed E-state index contributed by atoms with van der Waals surface area (Å²) in [6.45, 7) is 4.21. The summed E-state index contributed by atoms with van der Waals surface area (Å²) >= 11 is 3.34. The van der Waals surface area contributed by atoms with Crippen LogP contribution in [0.25, 0.3) is 21.8 Å². The lowest BCUT2D eigenvalue weighted by atomic mass is 10.1. The molecule has 1 aromatic heterocycles. The van der Waals surface area contributed by atoms with E-state index in [0.717, 1.165) is 21.1 Å². The maximum Gasteiger partial charge on any atom is 0.134 e. The third-order valence-corrected chi connectivity index (χ3v) is 7.04. The Bertz CT molecular complexity index is 1240. The van der Waals surface area contributed by atoms with E-state index >= 15 is 0 Å². The highest BCUT2D eigenvalue weighted by molar-refractivity contribution is 8.02. The first kappa shape index (κ1) is 19.2. The van der Waals surface area contributed by atoms with Crippen LogP contribution in [-0.2, 0) is 0 Å². The van der Waals surface area contributed by atoms with E-state index in [-0.39, 0.29) is 0 Å². The Kier molecular flexibility index (Phi) is 5.19. The zero-order valence-electron chi connectivity index (χ0n) is 16.8. The maximum atomic E-state index is 5.04. The van der Waals surface area contributed by atoms with Crippen LogP contribution in [0.5, 0.6) is 0 Å². The molecule has 0 saturated carbocycles. The first-order valence-corrected chi connectivity index (χ1v) is 11.5. The monoisotopic (exact) mass is 424 g/mol. The number of aromatic nitrogens is 2. The van der Waals surface area contributed by atoms with Gasteiger partial charge in [-0.05, 0) is 61.0 Å². The lowest BCUT2D eigenvalue weighted by Crippen LogP contribution is -1.93. The Morgan fingerprint density at radius 1 is 0.533 bits per heavy atom. The van der Waals surface area contributed by atoms with Crippen LogP contribution >= 0.6 is 23.5 Å². The summed E-state index contributed by atoms with van der Waals surface area (Å²) in [6, 6.07) is 29.8. The number of benzene rings is 4. The van der Waals surface area contributed by atoms with Crippen LogP contribution in [0.15, 0.2) is 105 Å².